The summed E-state index contributed by atoms with van der Waals surface area (Å²) in [5.74, 6) is 0.505. The van der Waals surface area contributed by atoms with Crippen molar-refractivity contribution in [2.75, 3.05) is 19.6 Å². The molecule has 1 saturated heterocycles. The van der Waals surface area contributed by atoms with E-state index in [4.69, 9.17) is 0 Å². The number of carbonyl (C=O) groups excluding carboxylic acids is 1. The van der Waals surface area contributed by atoms with Crippen molar-refractivity contribution in [2.24, 2.45) is 5.92 Å². The highest BCUT2D eigenvalue weighted by Crippen LogP contribution is 2.02. The Morgan fingerprint density at radius 1 is 1.50 bits per heavy atom. The monoisotopic (exact) mass is 199 g/mol. The van der Waals surface area contributed by atoms with Crippen molar-refractivity contribution in [3.63, 3.8) is 0 Å². The third kappa shape index (κ3) is 4.46. The molecule has 1 fully saturated rings. The average molecular weight is 199 g/mol. The molecule has 4 heteroatoms. The van der Waals surface area contributed by atoms with Gasteiger partial charge in [-0.1, -0.05) is 13.8 Å². The SMILES string of the molecule is CC(C)CNC(=O)NCC1CCCN1. The minimum atomic E-state index is -0.0487. The summed E-state index contributed by atoms with van der Waals surface area (Å²) in [7, 11) is 0. The number of urea groups is 1. The molecule has 0 radical (unpaired) electrons. The number of amides is 2. The van der Waals surface area contributed by atoms with Crippen LogP contribution in [-0.2, 0) is 0 Å². The first-order valence-electron chi connectivity index (χ1n) is 5.43. The van der Waals surface area contributed by atoms with Crippen LogP contribution >= 0.6 is 0 Å². The molecule has 0 spiro atoms. The van der Waals surface area contributed by atoms with E-state index in [0.717, 1.165) is 19.6 Å². The van der Waals surface area contributed by atoms with Crippen LogP contribution in [0.4, 0.5) is 4.79 Å². The van der Waals surface area contributed by atoms with E-state index in [9.17, 15) is 4.79 Å². The van der Waals surface area contributed by atoms with Crippen LogP contribution in [0.2, 0.25) is 0 Å². The number of carbonyl (C=O) groups is 1. The van der Waals surface area contributed by atoms with Gasteiger partial charge < -0.3 is 16.0 Å². The van der Waals surface area contributed by atoms with Crippen molar-refractivity contribution in [3.8, 4) is 0 Å². The highest BCUT2D eigenvalue weighted by Gasteiger charge is 2.14. The third-order valence-electron chi connectivity index (χ3n) is 2.34. The van der Waals surface area contributed by atoms with Crippen LogP contribution in [-0.4, -0.2) is 31.7 Å². The number of nitrogens with one attached hydrogen (secondary N) is 3. The normalized spacial score (nSPS) is 21.2. The fourth-order valence-electron chi connectivity index (χ4n) is 1.51. The van der Waals surface area contributed by atoms with Gasteiger partial charge in [0.15, 0.2) is 0 Å². The van der Waals surface area contributed by atoms with Crippen LogP contribution in [0.3, 0.4) is 0 Å². The van der Waals surface area contributed by atoms with Gasteiger partial charge in [-0.3, -0.25) is 0 Å². The molecule has 0 bridgehead atoms. The van der Waals surface area contributed by atoms with Gasteiger partial charge in [0, 0.05) is 19.1 Å². The van der Waals surface area contributed by atoms with E-state index in [0.29, 0.717) is 12.0 Å². The van der Waals surface area contributed by atoms with Gasteiger partial charge in [0.2, 0.25) is 0 Å². The molecule has 1 unspecified atom stereocenters. The highest BCUT2D eigenvalue weighted by atomic mass is 16.2. The third-order valence-corrected chi connectivity index (χ3v) is 2.34. The topological polar surface area (TPSA) is 53.2 Å². The highest BCUT2D eigenvalue weighted by molar-refractivity contribution is 5.73. The van der Waals surface area contributed by atoms with E-state index >= 15 is 0 Å². The lowest BCUT2D eigenvalue weighted by Crippen LogP contribution is -2.43. The molecule has 1 heterocycles. The van der Waals surface area contributed by atoms with Crippen molar-refractivity contribution >= 4 is 6.03 Å². The maximum atomic E-state index is 11.3. The summed E-state index contributed by atoms with van der Waals surface area (Å²) in [5, 5.41) is 9.03. The molecule has 0 aliphatic carbocycles. The molecule has 3 N–H and O–H groups in total. The number of rotatable bonds is 4. The van der Waals surface area contributed by atoms with Crippen LogP contribution in [0, 0.1) is 5.92 Å². The van der Waals surface area contributed by atoms with Gasteiger partial charge in [-0.15, -0.1) is 0 Å². The van der Waals surface area contributed by atoms with Crippen molar-refractivity contribution < 1.29 is 4.79 Å². The Bertz CT molecular complexity index is 176. The predicted octanol–water partition coefficient (Wildman–Crippen LogP) is 0.694. The summed E-state index contributed by atoms with van der Waals surface area (Å²) < 4.78 is 0. The van der Waals surface area contributed by atoms with Gasteiger partial charge in [-0.2, -0.15) is 0 Å². The van der Waals surface area contributed by atoms with Crippen molar-refractivity contribution in [1.82, 2.24) is 16.0 Å². The second-order valence-electron chi connectivity index (χ2n) is 4.28. The minimum Gasteiger partial charge on any atom is -0.338 e. The zero-order chi connectivity index (χ0) is 10.4. The van der Waals surface area contributed by atoms with Gasteiger partial charge in [0.25, 0.3) is 0 Å². The molecule has 1 rings (SSSR count). The molecule has 1 aliphatic rings. The number of hydrogen-bond acceptors (Lipinski definition) is 2. The Labute approximate surface area is 85.8 Å². The average Bonchev–Trinajstić information content (AvgIpc) is 2.63. The van der Waals surface area contributed by atoms with E-state index in [1.807, 2.05) is 0 Å². The van der Waals surface area contributed by atoms with Crippen molar-refractivity contribution in [3.05, 3.63) is 0 Å². The molecule has 0 aromatic rings. The Morgan fingerprint density at radius 2 is 2.29 bits per heavy atom. The fraction of sp³-hybridized carbons (Fsp3) is 0.900. The van der Waals surface area contributed by atoms with Crippen LogP contribution < -0.4 is 16.0 Å². The lowest BCUT2D eigenvalue weighted by atomic mass is 10.2. The Kier molecular flexibility index (Phi) is 4.73. The van der Waals surface area contributed by atoms with Crippen LogP contribution in [0.5, 0.6) is 0 Å². The predicted molar refractivity (Wildman–Crippen MR) is 57.3 cm³/mol. The summed E-state index contributed by atoms with van der Waals surface area (Å²) in [6.45, 7) is 6.73. The second-order valence-corrected chi connectivity index (χ2v) is 4.28. The van der Waals surface area contributed by atoms with Crippen LogP contribution in [0.25, 0.3) is 0 Å². The first-order chi connectivity index (χ1) is 6.68. The maximum Gasteiger partial charge on any atom is 0.314 e. The van der Waals surface area contributed by atoms with E-state index < -0.39 is 0 Å². The molecular weight excluding hydrogens is 178 g/mol. The summed E-state index contributed by atoms with van der Waals surface area (Å²) in [6, 6.07) is 0.423. The van der Waals surface area contributed by atoms with Crippen molar-refractivity contribution in [2.45, 2.75) is 32.7 Å². The summed E-state index contributed by atoms with van der Waals surface area (Å²) >= 11 is 0. The molecular formula is C10H21N3O. The maximum absolute atomic E-state index is 11.3. The summed E-state index contributed by atoms with van der Waals surface area (Å²) in [6.07, 6.45) is 2.39. The van der Waals surface area contributed by atoms with Gasteiger partial charge in [-0.25, -0.2) is 4.79 Å². The molecule has 1 atom stereocenters. The van der Waals surface area contributed by atoms with Gasteiger partial charge in [-0.05, 0) is 25.3 Å². The fourth-order valence-corrected chi connectivity index (χ4v) is 1.51. The Morgan fingerprint density at radius 3 is 2.86 bits per heavy atom. The first-order valence-corrected chi connectivity index (χ1v) is 5.43. The standard InChI is InChI=1S/C10H21N3O/c1-8(2)6-12-10(14)13-7-9-4-3-5-11-9/h8-9,11H,3-7H2,1-2H3,(H2,12,13,14). The molecule has 0 aromatic heterocycles. The van der Waals surface area contributed by atoms with E-state index in [1.54, 1.807) is 0 Å². The van der Waals surface area contributed by atoms with Crippen LogP contribution in [0.15, 0.2) is 0 Å². The van der Waals surface area contributed by atoms with E-state index in [-0.39, 0.29) is 6.03 Å². The molecule has 2 amide bonds. The smallest absolute Gasteiger partial charge is 0.314 e. The van der Waals surface area contributed by atoms with E-state index in [1.165, 1.54) is 12.8 Å². The molecule has 0 aromatic carbocycles. The second kappa shape index (κ2) is 5.86. The molecule has 0 saturated carbocycles. The Balaban J connectivity index is 2.02. The van der Waals surface area contributed by atoms with Gasteiger partial charge in [0.05, 0.1) is 0 Å². The molecule has 14 heavy (non-hydrogen) atoms. The van der Waals surface area contributed by atoms with Crippen LogP contribution in [0.1, 0.15) is 26.7 Å². The van der Waals surface area contributed by atoms with Crippen molar-refractivity contribution in [1.29, 1.82) is 0 Å². The minimum absolute atomic E-state index is 0.0487. The lowest BCUT2D eigenvalue weighted by Gasteiger charge is -2.13. The summed E-state index contributed by atoms with van der Waals surface area (Å²) in [5.41, 5.74) is 0. The largest absolute Gasteiger partial charge is 0.338 e. The van der Waals surface area contributed by atoms with E-state index in [2.05, 4.69) is 29.8 Å². The lowest BCUT2D eigenvalue weighted by molar-refractivity contribution is 0.238. The molecule has 4 nitrogen and oxygen atoms in total. The molecule has 82 valence electrons. The Hall–Kier alpha value is -0.770. The number of hydrogen-bond donors (Lipinski definition) is 3. The zero-order valence-electron chi connectivity index (χ0n) is 9.10. The first kappa shape index (κ1) is 11.3. The molecule has 1 aliphatic heterocycles. The zero-order valence-corrected chi connectivity index (χ0v) is 9.10. The summed E-state index contributed by atoms with van der Waals surface area (Å²) in [4.78, 5) is 11.3. The quantitative estimate of drug-likeness (QED) is 0.624. The van der Waals surface area contributed by atoms with Gasteiger partial charge in [0.1, 0.15) is 0 Å². The van der Waals surface area contributed by atoms with Gasteiger partial charge >= 0.3 is 6.03 Å².